The number of nitro groups is 1. The third-order valence-corrected chi connectivity index (χ3v) is 2.95. The standard InChI is InChI=1S/C14H10N4O4/c19-14(22-9-10-4-2-1-3-5-10)11-6-7-12-15-8-13(18(20)21)17(12)16-11/h1-8H,9H2. The van der Waals surface area contributed by atoms with E-state index in [1.54, 1.807) is 0 Å². The summed E-state index contributed by atoms with van der Waals surface area (Å²) in [5.74, 6) is -0.971. The molecule has 2 heterocycles. The molecule has 0 fully saturated rings. The van der Waals surface area contributed by atoms with E-state index >= 15 is 0 Å². The molecule has 22 heavy (non-hydrogen) atoms. The topological polar surface area (TPSA) is 99.6 Å². The first-order chi connectivity index (χ1) is 10.6. The van der Waals surface area contributed by atoms with Crippen molar-refractivity contribution in [2.45, 2.75) is 6.61 Å². The van der Waals surface area contributed by atoms with Crippen LogP contribution >= 0.6 is 0 Å². The summed E-state index contributed by atoms with van der Waals surface area (Å²) in [7, 11) is 0. The van der Waals surface area contributed by atoms with Crippen molar-refractivity contribution in [1.82, 2.24) is 14.6 Å². The highest BCUT2D eigenvalue weighted by Gasteiger charge is 2.19. The molecule has 0 spiro atoms. The molecule has 0 aliphatic carbocycles. The van der Waals surface area contributed by atoms with Gasteiger partial charge < -0.3 is 14.9 Å². The second-order valence-corrected chi connectivity index (χ2v) is 4.42. The SMILES string of the molecule is O=C(OCc1ccccc1)c1ccc2ncc([N+](=O)[O-])n2n1. The minimum Gasteiger partial charge on any atom is -0.456 e. The van der Waals surface area contributed by atoms with Crippen LogP contribution in [0.3, 0.4) is 0 Å². The molecule has 110 valence electrons. The number of esters is 1. The van der Waals surface area contributed by atoms with Gasteiger partial charge in [0.05, 0.1) is 0 Å². The molecule has 8 heteroatoms. The van der Waals surface area contributed by atoms with Crippen LogP contribution in [-0.2, 0) is 11.3 Å². The van der Waals surface area contributed by atoms with Crippen LogP contribution in [0, 0.1) is 10.1 Å². The maximum absolute atomic E-state index is 12.0. The van der Waals surface area contributed by atoms with E-state index in [-0.39, 0.29) is 23.8 Å². The van der Waals surface area contributed by atoms with E-state index in [1.807, 2.05) is 30.3 Å². The minimum atomic E-state index is -0.659. The Hall–Kier alpha value is -3.29. The lowest BCUT2D eigenvalue weighted by molar-refractivity contribution is -0.391. The Morgan fingerprint density at radius 1 is 1.23 bits per heavy atom. The van der Waals surface area contributed by atoms with E-state index in [9.17, 15) is 14.9 Å². The van der Waals surface area contributed by atoms with Gasteiger partial charge in [-0.2, -0.15) is 0 Å². The molecule has 0 atom stereocenters. The quantitative estimate of drug-likeness (QED) is 0.415. The molecule has 8 nitrogen and oxygen atoms in total. The normalized spacial score (nSPS) is 10.5. The van der Waals surface area contributed by atoms with Gasteiger partial charge in [0.15, 0.2) is 5.69 Å². The van der Waals surface area contributed by atoms with Crippen molar-refractivity contribution in [3.8, 4) is 0 Å². The van der Waals surface area contributed by atoms with Crippen LogP contribution in [0.1, 0.15) is 16.1 Å². The number of hydrogen-bond donors (Lipinski definition) is 0. The molecule has 0 saturated heterocycles. The van der Waals surface area contributed by atoms with Crippen molar-refractivity contribution in [3.63, 3.8) is 0 Å². The van der Waals surface area contributed by atoms with Gasteiger partial charge in [0, 0.05) is 6.07 Å². The molecule has 2 aromatic heterocycles. The van der Waals surface area contributed by atoms with Gasteiger partial charge in [-0.05, 0) is 16.6 Å². The molecule has 0 amide bonds. The molecule has 3 aromatic rings. The van der Waals surface area contributed by atoms with Crippen molar-refractivity contribution in [1.29, 1.82) is 0 Å². The Bertz CT molecular complexity index is 844. The number of carbonyl (C=O) groups is 1. The van der Waals surface area contributed by atoms with E-state index in [0.29, 0.717) is 0 Å². The number of hydrogen-bond acceptors (Lipinski definition) is 6. The van der Waals surface area contributed by atoms with Gasteiger partial charge in [0.2, 0.25) is 5.65 Å². The fourth-order valence-corrected chi connectivity index (χ4v) is 1.89. The van der Waals surface area contributed by atoms with Crippen molar-refractivity contribution >= 4 is 17.4 Å². The van der Waals surface area contributed by atoms with E-state index < -0.39 is 10.9 Å². The average molecular weight is 298 g/mol. The minimum absolute atomic E-state index is 0.0236. The fraction of sp³-hybridized carbons (Fsp3) is 0.0714. The van der Waals surface area contributed by atoms with Gasteiger partial charge in [-0.3, -0.25) is 0 Å². The van der Waals surface area contributed by atoms with Crippen LogP contribution in [-0.4, -0.2) is 25.5 Å². The molecule has 3 rings (SSSR count). The zero-order valence-corrected chi connectivity index (χ0v) is 11.2. The summed E-state index contributed by atoms with van der Waals surface area (Å²) in [5.41, 5.74) is 1.10. The van der Waals surface area contributed by atoms with Crippen molar-refractivity contribution < 1.29 is 14.5 Å². The van der Waals surface area contributed by atoms with Crippen LogP contribution in [0.25, 0.3) is 5.65 Å². The van der Waals surface area contributed by atoms with Crippen LogP contribution < -0.4 is 0 Å². The largest absolute Gasteiger partial charge is 0.456 e. The first-order valence-corrected chi connectivity index (χ1v) is 6.35. The fourth-order valence-electron chi connectivity index (χ4n) is 1.89. The number of carbonyl (C=O) groups excluding carboxylic acids is 1. The molecule has 0 aliphatic heterocycles. The molecule has 0 bridgehead atoms. The van der Waals surface area contributed by atoms with E-state index in [1.165, 1.54) is 12.1 Å². The maximum Gasteiger partial charge on any atom is 0.368 e. The average Bonchev–Trinajstić information content (AvgIpc) is 2.96. The Morgan fingerprint density at radius 3 is 2.73 bits per heavy atom. The zero-order valence-electron chi connectivity index (χ0n) is 11.2. The highest BCUT2D eigenvalue weighted by atomic mass is 16.6. The zero-order chi connectivity index (χ0) is 15.5. The van der Waals surface area contributed by atoms with Gasteiger partial charge in [0.1, 0.15) is 12.8 Å². The van der Waals surface area contributed by atoms with Gasteiger partial charge >= 0.3 is 11.8 Å². The lowest BCUT2D eigenvalue weighted by Crippen LogP contribution is -2.10. The third-order valence-electron chi connectivity index (χ3n) is 2.95. The van der Waals surface area contributed by atoms with Crippen LogP contribution in [0.2, 0.25) is 0 Å². The van der Waals surface area contributed by atoms with Gasteiger partial charge in [0.25, 0.3) is 0 Å². The highest BCUT2D eigenvalue weighted by molar-refractivity contribution is 5.87. The summed E-state index contributed by atoms with van der Waals surface area (Å²) in [6, 6.07) is 12.1. The summed E-state index contributed by atoms with van der Waals surface area (Å²) in [4.78, 5) is 26.1. The molecule has 0 saturated carbocycles. The lowest BCUT2D eigenvalue weighted by Gasteiger charge is -2.03. The first-order valence-electron chi connectivity index (χ1n) is 6.35. The predicted octanol–water partition coefficient (Wildman–Crippen LogP) is 1.99. The smallest absolute Gasteiger partial charge is 0.368 e. The maximum atomic E-state index is 12.0. The van der Waals surface area contributed by atoms with Crippen molar-refractivity contribution in [2.75, 3.05) is 0 Å². The number of rotatable bonds is 4. The summed E-state index contributed by atoms with van der Waals surface area (Å²) in [5, 5.41) is 14.8. The summed E-state index contributed by atoms with van der Waals surface area (Å²) < 4.78 is 6.13. The van der Waals surface area contributed by atoms with Crippen LogP contribution in [0.5, 0.6) is 0 Å². The number of fused-ring (bicyclic) bond motifs is 1. The number of nitrogens with zero attached hydrogens (tertiary/aromatic N) is 4. The lowest BCUT2D eigenvalue weighted by atomic mass is 10.2. The third kappa shape index (κ3) is 2.62. The van der Waals surface area contributed by atoms with Crippen molar-refractivity contribution in [2.24, 2.45) is 0 Å². The number of imidazole rings is 1. The van der Waals surface area contributed by atoms with E-state index in [2.05, 4.69) is 10.1 Å². The second-order valence-electron chi connectivity index (χ2n) is 4.42. The second kappa shape index (κ2) is 5.60. The van der Waals surface area contributed by atoms with Gasteiger partial charge in [-0.1, -0.05) is 39.9 Å². The molecular weight excluding hydrogens is 288 g/mol. The van der Waals surface area contributed by atoms with Crippen LogP contribution in [0.4, 0.5) is 5.82 Å². The van der Waals surface area contributed by atoms with Gasteiger partial charge in [-0.25, -0.2) is 9.78 Å². The van der Waals surface area contributed by atoms with E-state index in [0.717, 1.165) is 16.3 Å². The Morgan fingerprint density at radius 2 is 2.00 bits per heavy atom. The number of benzene rings is 1. The van der Waals surface area contributed by atoms with E-state index in [4.69, 9.17) is 4.74 Å². The molecule has 0 radical (unpaired) electrons. The molecule has 0 unspecified atom stereocenters. The molecular formula is C14H10N4O4. The Balaban J connectivity index is 1.82. The molecule has 1 aromatic carbocycles. The monoisotopic (exact) mass is 298 g/mol. The van der Waals surface area contributed by atoms with Crippen LogP contribution in [0.15, 0.2) is 48.7 Å². The predicted molar refractivity (Wildman–Crippen MR) is 75.2 cm³/mol. The summed E-state index contributed by atoms with van der Waals surface area (Å²) >= 11 is 0. The first kappa shape index (κ1) is 13.7. The molecule has 0 N–H and O–H groups in total. The van der Waals surface area contributed by atoms with Crippen molar-refractivity contribution in [3.05, 3.63) is 70.0 Å². The summed E-state index contributed by atoms with van der Waals surface area (Å²) in [6.45, 7) is 0.103. The molecule has 0 aliphatic rings. The Kier molecular flexibility index (Phi) is 3.48. The summed E-state index contributed by atoms with van der Waals surface area (Å²) in [6.07, 6.45) is 1.08. The number of ether oxygens (including phenoxy) is 1. The highest BCUT2D eigenvalue weighted by Crippen LogP contribution is 2.13. The Labute approximate surface area is 124 Å². The number of aromatic nitrogens is 3. The van der Waals surface area contributed by atoms with Gasteiger partial charge in [-0.15, -0.1) is 0 Å².